The molecule has 0 aromatic heterocycles. The van der Waals surface area contributed by atoms with Gasteiger partial charge in [0.25, 0.3) is 0 Å². The second kappa shape index (κ2) is 11.2. The van der Waals surface area contributed by atoms with Crippen molar-refractivity contribution in [3.05, 3.63) is 83.5 Å². The third-order valence-electron chi connectivity index (χ3n) is 5.76. The van der Waals surface area contributed by atoms with Gasteiger partial charge in [-0.1, -0.05) is 88.9 Å². The van der Waals surface area contributed by atoms with E-state index in [-0.39, 0.29) is 5.41 Å². The fourth-order valence-corrected chi connectivity index (χ4v) is 4.32. The molecule has 1 aliphatic carbocycles. The van der Waals surface area contributed by atoms with Crippen molar-refractivity contribution < 1.29 is 0 Å². The van der Waals surface area contributed by atoms with E-state index in [1.54, 1.807) is 0 Å². The largest absolute Gasteiger partial charge is 0.299 e. The third-order valence-corrected chi connectivity index (χ3v) is 5.76. The molecule has 0 atom stereocenters. The van der Waals surface area contributed by atoms with Gasteiger partial charge >= 0.3 is 0 Å². The van der Waals surface area contributed by atoms with Crippen LogP contribution in [-0.2, 0) is 6.54 Å². The highest BCUT2D eigenvalue weighted by Gasteiger charge is 2.44. The molecule has 1 heteroatoms. The number of benzene rings is 1. The Balaban J connectivity index is 0.000000921. The van der Waals surface area contributed by atoms with Gasteiger partial charge in [0.15, 0.2) is 0 Å². The molecule has 1 heterocycles. The van der Waals surface area contributed by atoms with E-state index < -0.39 is 0 Å². The van der Waals surface area contributed by atoms with Crippen molar-refractivity contribution in [1.82, 2.24) is 4.90 Å². The summed E-state index contributed by atoms with van der Waals surface area (Å²) < 4.78 is 0. The van der Waals surface area contributed by atoms with Crippen LogP contribution in [0.3, 0.4) is 0 Å². The Hall–Kier alpha value is -1.86. The number of allylic oxidation sites excluding steroid dienone is 5. The van der Waals surface area contributed by atoms with Crippen LogP contribution in [0, 0.1) is 5.41 Å². The van der Waals surface area contributed by atoms with Gasteiger partial charge < -0.3 is 0 Å². The van der Waals surface area contributed by atoms with Crippen LogP contribution in [0.5, 0.6) is 0 Å². The first-order chi connectivity index (χ1) is 13.4. The van der Waals surface area contributed by atoms with Gasteiger partial charge in [0.1, 0.15) is 0 Å². The number of nitrogens with zero attached hydrogens (tertiary/aromatic N) is 1. The SMILES string of the molecule is C=C(C)C1=C(C(=C)C)C(=C)C2(CCN(Cc3ccccc3)CC2)C1.CC.CC. The zero-order valence-corrected chi connectivity index (χ0v) is 19.2. The minimum absolute atomic E-state index is 0.232. The average Bonchev–Trinajstić information content (AvgIpc) is 3.00. The van der Waals surface area contributed by atoms with Crippen LogP contribution in [0.2, 0.25) is 0 Å². The van der Waals surface area contributed by atoms with Gasteiger partial charge in [0.05, 0.1) is 0 Å². The number of hydrogen-bond donors (Lipinski definition) is 0. The van der Waals surface area contributed by atoms with Crippen molar-refractivity contribution in [1.29, 1.82) is 0 Å². The Bertz CT molecular complexity index is 697. The maximum absolute atomic E-state index is 4.50. The van der Waals surface area contributed by atoms with Gasteiger partial charge in [-0.25, -0.2) is 0 Å². The molecule has 1 aliphatic heterocycles. The standard InChI is InChI=1S/C23H29N.2C2H6/c1-17(2)21-15-23(19(5)22(21)18(3)4)11-13-24(14-12-23)16-20-9-7-6-8-10-20;2*1-2/h6-10H,1,3,5,11-16H2,2,4H3;2*1-2H3. The maximum Gasteiger partial charge on any atom is 0.0233 e. The van der Waals surface area contributed by atoms with E-state index in [0.717, 1.165) is 31.6 Å². The minimum Gasteiger partial charge on any atom is -0.299 e. The second-order valence-corrected chi connectivity index (χ2v) is 7.61. The summed E-state index contributed by atoms with van der Waals surface area (Å²) in [6, 6.07) is 10.8. The zero-order valence-electron chi connectivity index (χ0n) is 19.2. The fraction of sp³-hybridized carbons (Fsp3) is 0.481. The molecule has 3 rings (SSSR count). The first kappa shape index (κ1) is 24.2. The minimum atomic E-state index is 0.232. The number of rotatable bonds is 4. The van der Waals surface area contributed by atoms with Gasteiger partial charge in [-0.2, -0.15) is 0 Å². The molecule has 1 saturated heterocycles. The van der Waals surface area contributed by atoms with Crippen molar-refractivity contribution >= 4 is 0 Å². The van der Waals surface area contributed by atoms with Gasteiger partial charge in [-0.05, 0) is 68.5 Å². The van der Waals surface area contributed by atoms with Crippen molar-refractivity contribution in [3.63, 3.8) is 0 Å². The van der Waals surface area contributed by atoms with E-state index in [2.05, 4.69) is 68.8 Å². The first-order valence-electron chi connectivity index (χ1n) is 10.9. The van der Waals surface area contributed by atoms with Crippen LogP contribution in [0.4, 0.5) is 0 Å². The van der Waals surface area contributed by atoms with Gasteiger partial charge in [-0.15, -0.1) is 0 Å². The van der Waals surface area contributed by atoms with Crippen molar-refractivity contribution in [2.24, 2.45) is 5.41 Å². The molecule has 2 aliphatic rings. The van der Waals surface area contributed by atoms with E-state index in [1.807, 2.05) is 27.7 Å². The highest BCUT2D eigenvalue weighted by Crippen LogP contribution is 2.55. The van der Waals surface area contributed by atoms with Crippen molar-refractivity contribution in [2.45, 2.75) is 67.3 Å². The van der Waals surface area contributed by atoms with Gasteiger partial charge in [0, 0.05) is 12.0 Å². The lowest BCUT2D eigenvalue weighted by Gasteiger charge is -2.41. The van der Waals surface area contributed by atoms with E-state index in [1.165, 1.54) is 40.7 Å². The fourth-order valence-electron chi connectivity index (χ4n) is 4.32. The molecule has 0 saturated carbocycles. The van der Waals surface area contributed by atoms with E-state index >= 15 is 0 Å². The van der Waals surface area contributed by atoms with Crippen LogP contribution in [0.25, 0.3) is 0 Å². The topological polar surface area (TPSA) is 3.24 Å². The smallest absolute Gasteiger partial charge is 0.0233 e. The predicted molar refractivity (Wildman–Crippen MR) is 126 cm³/mol. The van der Waals surface area contributed by atoms with E-state index in [4.69, 9.17) is 0 Å². The van der Waals surface area contributed by atoms with E-state index in [0.29, 0.717) is 0 Å². The molecule has 0 N–H and O–H groups in total. The average molecular weight is 380 g/mol. The van der Waals surface area contributed by atoms with Crippen LogP contribution < -0.4 is 0 Å². The predicted octanol–water partition coefficient (Wildman–Crippen LogP) is 7.73. The summed E-state index contributed by atoms with van der Waals surface area (Å²) in [7, 11) is 0. The molecule has 154 valence electrons. The molecule has 28 heavy (non-hydrogen) atoms. The monoisotopic (exact) mass is 379 g/mol. The highest BCUT2D eigenvalue weighted by atomic mass is 15.1. The Morgan fingerprint density at radius 2 is 1.46 bits per heavy atom. The Morgan fingerprint density at radius 1 is 0.929 bits per heavy atom. The molecule has 1 aromatic rings. The third kappa shape index (κ3) is 5.35. The molecule has 1 aromatic carbocycles. The molecule has 1 fully saturated rings. The van der Waals surface area contributed by atoms with Crippen LogP contribution in [0.15, 0.2) is 77.9 Å². The highest BCUT2D eigenvalue weighted by molar-refractivity contribution is 5.59. The molecular weight excluding hydrogens is 338 g/mol. The van der Waals surface area contributed by atoms with E-state index in [9.17, 15) is 0 Å². The Labute approximate surface area is 174 Å². The van der Waals surface area contributed by atoms with Crippen LogP contribution in [-0.4, -0.2) is 18.0 Å². The number of hydrogen-bond acceptors (Lipinski definition) is 1. The molecule has 0 unspecified atom stereocenters. The summed E-state index contributed by atoms with van der Waals surface area (Å²) in [6.45, 7) is 28.5. The summed E-state index contributed by atoms with van der Waals surface area (Å²) in [5.41, 5.74) is 7.97. The number of likely N-dealkylation sites (tertiary alicyclic amines) is 1. The second-order valence-electron chi connectivity index (χ2n) is 7.61. The molecule has 0 bridgehead atoms. The lowest BCUT2D eigenvalue weighted by atomic mass is 9.72. The lowest BCUT2D eigenvalue weighted by Crippen LogP contribution is -2.39. The molecule has 0 radical (unpaired) electrons. The molecular formula is C27H41N. The zero-order chi connectivity index (χ0) is 21.3. The maximum atomic E-state index is 4.50. The summed E-state index contributed by atoms with van der Waals surface area (Å²) in [4.78, 5) is 2.58. The van der Waals surface area contributed by atoms with Crippen molar-refractivity contribution in [3.8, 4) is 0 Å². The molecule has 0 amide bonds. The van der Waals surface area contributed by atoms with Gasteiger partial charge in [0.2, 0.25) is 0 Å². The summed E-state index contributed by atoms with van der Waals surface area (Å²) in [6.07, 6.45) is 3.47. The van der Waals surface area contributed by atoms with Crippen LogP contribution in [0.1, 0.15) is 66.4 Å². The first-order valence-corrected chi connectivity index (χ1v) is 10.9. The normalized spacial score (nSPS) is 18.1. The summed E-state index contributed by atoms with van der Waals surface area (Å²) in [5, 5.41) is 0. The summed E-state index contributed by atoms with van der Waals surface area (Å²) in [5.74, 6) is 0. The summed E-state index contributed by atoms with van der Waals surface area (Å²) >= 11 is 0. The molecule has 1 nitrogen and oxygen atoms in total. The number of piperidine rings is 1. The Morgan fingerprint density at radius 3 is 1.89 bits per heavy atom. The van der Waals surface area contributed by atoms with Gasteiger partial charge in [-0.3, -0.25) is 4.90 Å². The van der Waals surface area contributed by atoms with Crippen LogP contribution >= 0.6 is 0 Å². The van der Waals surface area contributed by atoms with Crippen molar-refractivity contribution in [2.75, 3.05) is 13.1 Å². The quantitative estimate of drug-likeness (QED) is 0.517. The Kier molecular flexibility index (Phi) is 9.69. The molecule has 1 spiro atoms. The lowest BCUT2D eigenvalue weighted by molar-refractivity contribution is 0.132.